The van der Waals surface area contributed by atoms with Crippen molar-refractivity contribution >= 4 is 11.6 Å². The zero-order chi connectivity index (χ0) is 15.6. The van der Waals surface area contributed by atoms with Gasteiger partial charge in [-0.15, -0.1) is 0 Å². The first-order valence-electron chi connectivity index (χ1n) is 7.06. The fourth-order valence-electron chi connectivity index (χ4n) is 2.91. The number of rotatable bonds is 4. The van der Waals surface area contributed by atoms with Crippen LogP contribution in [0.25, 0.3) is 0 Å². The number of likely N-dealkylation sites (N-methyl/N-ethyl adjacent to an activating group) is 1. The summed E-state index contributed by atoms with van der Waals surface area (Å²) in [7, 11) is 3.98. The molecule has 116 valence electrons. The molecule has 3 N–H and O–H groups in total. The van der Waals surface area contributed by atoms with Gasteiger partial charge in [0.05, 0.1) is 5.56 Å². The average molecular weight is 297 g/mol. The Morgan fingerprint density at radius 3 is 2.43 bits per heavy atom. The number of anilines is 1. The zero-order valence-electron chi connectivity index (χ0n) is 12.4. The molecule has 1 aliphatic rings. The first-order chi connectivity index (χ1) is 9.85. The van der Waals surface area contributed by atoms with E-state index >= 15 is 0 Å². The van der Waals surface area contributed by atoms with Crippen molar-refractivity contribution in [2.45, 2.75) is 31.2 Å². The third-order valence-corrected chi connectivity index (χ3v) is 4.40. The summed E-state index contributed by atoms with van der Waals surface area (Å²) in [4.78, 5) is 14.3. The molecule has 1 amide bonds. The number of benzene rings is 1. The lowest BCUT2D eigenvalue weighted by atomic mass is 9.96. The summed E-state index contributed by atoms with van der Waals surface area (Å²) >= 11 is 0. The minimum Gasteiger partial charge on any atom is -0.398 e. The van der Waals surface area contributed by atoms with E-state index in [0.717, 1.165) is 37.8 Å². The third-order valence-electron chi connectivity index (χ3n) is 4.40. The van der Waals surface area contributed by atoms with Crippen LogP contribution in [0.5, 0.6) is 0 Å². The van der Waals surface area contributed by atoms with Gasteiger partial charge < -0.3 is 16.0 Å². The molecule has 1 aliphatic carbocycles. The highest BCUT2D eigenvalue weighted by Gasteiger charge is 2.36. The molecule has 0 radical (unpaired) electrons. The molecule has 1 aromatic carbocycles. The summed E-state index contributed by atoms with van der Waals surface area (Å²) in [6, 6.07) is 1.68. The van der Waals surface area contributed by atoms with E-state index in [2.05, 4.69) is 10.2 Å². The molecule has 0 spiro atoms. The van der Waals surface area contributed by atoms with Crippen LogP contribution < -0.4 is 11.1 Å². The van der Waals surface area contributed by atoms with Crippen molar-refractivity contribution < 1.29 is 13.6 Å². The lowest BCUT2D eigenvalue weighted by Crippen LogP contribution is -2.50. The minimum atomic E-state index is -1.07. The van der Waals surface area contributed by atoms with Gasteiger partial charge in [0.15, 0.2) is 11.6 Å². The molecule has 21 heavy (non-hydrogen) atoms. The summed E-state index contributed by atoms with van der Waals surface area (Å²) in [5, 5.41) is 2.80. The zero-order valence-corrected chi connectivity index (χ0v) is 12.4. The maximum absolute atomic E-state index is 13.2. The first kappa shape index (κ1) is 15.7. The van der Waals surface area contributed by atoms with E-state index in [9.17, 15) is 13.6 Å². The maximum Gasteiger partial charge on any atom is 0.253 e. The Hall–Kier alpha value is -1.69. The Morgan fingerprint density at radius 1 is 1.29 bits per heavy atom. The summed E-state index contributed by atoms with van der Waals surface area (Å²) in [6.07, 6.45) is 4.27. The Kier molecular flexibility index (Phi) is 4.46. The number of carbonyl (C=O) groups excluding carboxylic acids is 1. The van der Waals surface area contributed by atoms with Crippen LogP contribution >= 0.6 is 0 Å². The average Bonchev–Trinajstić information content (AvgIpc) is 2.90. The molecule has 0 aliphatic heterocycles. The van der Waals surface area contributed by atoms with Crippen LogP contribution in [0.15, 0.2) is 12.1 Å². The van der Waals surface area contributed by atoms with Crippen molar-refractivity contribution in [2.24, 2.45) is 0 Å². The molecular weight excluding hydrogens is 276 g/mol. The predicted molar refractivity (Wildman–Crippen MR) is 78.0 cm³/mol. The number of nitrogens with zero attached hydrogens (tertiary/aromatic N) is 1. The van der Waals surface area contributed by atoms with Gasteiger partial charge in [-0.05, 0) is 33.0 Å². The van der Waals surface area contributed by atoms with Crippen molar-refractivity contribution in [3.05, 3.63) is 29.3 Å². The highest BCUT2D eigenvalue weighted by molar-refractivity contribution is 5.99. The molecule has 4 nitrogen and oxygen atoms in total. The third kappa shape index (κ3) is 3.15. The predicted octanol–water partition coefficient (Wildman–Crippen LogP) is 2.15. The van der Waals surface area contributed by atoms with Crippen LogP contribution in [-0.4, -0.2) is 37.0 Å². The maximum atomic E-state index is 13.2. The number of nitrogens with two attached hydrogens (primary N) is 1. The second-order valence-corrected chi connectivity index (χ2v) is 5.86. The Labute approximate surface area is 123 Å². The number of nitrogen functional groups attached to an aromatic ring is 1. The van der Waals surface area contributed by atoms with Crippen molar-refractivity contribution in [3.8, 4) is 0 Å². The van der Waals surface area contributed by atoms with Crippen LogP contribution in [0.2, 0.25) is 0 Å². The molecule has 1 saturated carbocycles. The van der Waals surface area contributed by atoms with E-state index < -0.39 is 17.5 Å². The molecule has 0 bridgehead atoms. The topological polar surface area (TPSA) is 58.4 Å². The standard InChI is InChI=1S/C15H21F2N3O/c1-20(2)15(5-3-4-6-15)9-19-14(21)10-7-11(16)12(17)8-13(10)18/h7-8H,3-6,9,18H2,1-2H3,(H,19,21). The van der Waals surface area contributed by atoms with Crippen molar-refractivity contribution in [2.75, 3.05) is 26.4 Å². The van der Waals surface area contributed by atoms with E-state index in [4.69, 9.17) is 5.73 Å². The van der Waals surface area contributed by atoms with E-state index in [-0.39, 0.29) is 16.8 Å². The normalized spacial score (nSPS) is 17.2. The van der Waals surface area contributed by atoms with Crippen LogP contribution in [-0.2, 0) is 0 Å². The second kappa shape index (κ2) is 5.97. The number of nitrogens with one attached hydrogen (secondary N) is 1. The summed E-state index contributed by atoms with van der Waals surface area (Å²) in [6.45, 7) is 0.470. The SMILES string of the molecule is CN(C)C1(CNC(=O)c2cc(F)c(F)cc2N)CCCC1. The van der Waals surface area contributed by atoms with Crippen LogP contribution in [0, 0.1) is 11.6 Å². The largest absolute Gasteiger partial charge is 0.398 e. The molecule has 0 heterocycles. The number of amides is 1. The highest BCUT2D eigenvalue weighted by Crippen LogP contribution is 2.33. The molecule has 0 atom stereocenters. The fourth-order valence-corrected chi connectivity index (χ4v) is 2.91. The number of hydrogen-bond acceptors (Lipinski definition) is 3. The van der Waals surface area contributed by atoms with E-state index in [1.165, 1.54) is 0 Å². The summed E-state index contributed by atoms with van der Waals surface area (Å²) < 4.78 is 26.3. The second-order valence-electron chi connectivity index (χ2n) is 5.86. The van der Waals surface area contributed by atoms with Gasteiger partial charge >= 0.3 is 0 Å². The quantitative estimate of drug-likeness (QED) is 0.837. The fraction of sp³-hybridized carbons (Fsp3) is 0.533. The Morgan fingerprint density at radius 2 is 1.86 bits per heavy atom. The molecule has 0 aromatic heterocycles. The molecule has 0 saturated heterocycles. The van der Waals surface area contributed by atoms with Gasteiger partial charge in [0.1, 0.15) is 0 Å². The van der Waals surface area contributed by atoms with Crippen LogP contribution in [0.1, 0.15) is 36.0 Å². The first-order valence-corrected chi connectivity index (χ1v) is 7.06. The molecule has 1 fully saturated rings. The van der Waals surface area contributed by atoms with Gasteiger partial charge in [-0.25, -0.2) is 8.78 Å². The Balaban J connectivity index is 2.10. The summed E-state index contributed by atoms with van der Waals surface area (Å²) in [5.74, 6) is -2.60. The van der Waals surface area contributed by atoms with Crippen LogP contribution in [0.3, 0.4) is 0 Å². The van der Waals surface area contributed by atoms with Crippen molar-refractivity contribution in [1.82, 2.24) is 10.2 Å². The minimum absolute atomic E-state index is 0.0270. The molecule has 1 aromatic rings. The summed E-state index contributed by atoms with van der Waals surface area (Å²) in [5.41, 5.74) is 5.44. The monoisotopic (exact) mass is 297 g/mol. The van der Waals surface area contributed by atoms with Gasteiger partial charge in [0, 0.05) is 23.8 Å². The number of halogens is 2. The van der Waals surface area contributed by atoms with Gasteiger partial charge in [0.25, 0.3) is 5.91 Å². The number of hydrogen-bond donors (Lipinski definition) is 2. The lowest BCUT2D eigenvalue weighted by Gasteiger charge is -2.36. The van der Waals surface area contributed by atoms with Crippen molar-refractivity contribution in [3.63, 3.8) is 0 Å². The molecule has 6 heteroatoms. The smallest absolute Gasteiger partial charge is 0.253 e. The molecule has 2 rings (SSSR count). The van der Waals surface area contributed by atoms with E-state index in [1.807, 2.05) is 14.1 Å². The highest BCUT2D eigenvalue weighted by atomic mass is 19.2. The van der Waals surface area contributed by atoms with Gasteiger partial charge in [0.2, 0.25) is 0 Å². The molecular formula is C15H21F2N3O. The van der Waals surface area contributed by atoms with E-state index in [0.29, 0.717) is 6.54 Å². The Bertz CT molecular complexity index is 540. The van der Waals surface area contributed by atoms with Crippen LogP contribution in [0.4, 0.5) is 14.5 Å². The van der Waals surface area contributed by atoms with Gasteiger partial charge in [-0.2, -0.15) is 0 Å². The molecule has 0 unspecified atom stereocenters. The van der Waals surface area contributed by atoms with Gasteiger partial charge in [-0.1, -0.05) is 12.8 Å². The van der Waals surface area contributed by atoms with Gasteiger partial charge in [-0.3, -0.25) is 4.79 Å². The number of carbonyl (C=O) groups is 1. The van der Waals surface area contributed by atoms with E-state index in [1.54, 1.807) is 0 Å². The van der Waals surface area contributed by atoms with Crippen molar-refractivity contribution in [1.29, 1.82) is 0 Å². The lowest BCUT2D eigenvalue weighted by molar-refractivity contribution is 0.0900.